The number of amides is 3. The fourth-order valence-electron chi connectivity index (χ4n) is 6.63. The minimum atomic E-state index is -0.215. The third kappa shape index (κ3) is 33.7. The molecule has 0 aliphatic carbocycles. The van der Waals surface area contributed by atoms with Gasteiger partial charge in [-0.15, -0.1) is 0 Å². The number of nitrogens with one attached hydrogen (secondary N) is 1. The molecule has 1 N–H and O–H groups in total. The minimum Gasteiger partial charge on any atom is -0.338 e. The van der Waals surface area contributed by atoms with Crippen LogP contribution in [0.5, 0.6) is 0 Å². The summed E-state index contributed by atoms with van der Waals surface area (Å²) in [5.74, 6) is 0.000868. The number of rotatable bonds is 36. The number of unbranched alkanes of at least 4 members (excludes halogenated alkanes) is 18. The molecule has 5 nitrogen and oxygen atoms in total. The lowest BCUT2D eigenvalue weighted by Crippen LogP contribution is -2.48. The number of carbonyl (C=O) groups is 2. The number of hydrogen-bond acceptors (Lipinski definition) is 2. The van der Waals surface area contributed by atoms with Gasteiger partial charge in [0.05, 0.1) is 27.7 Å². The van der Waals surface area contributed by atoms with Gasteiger partial charge in [-0.3, -0.25) is 9.69 Å². The molecule has 0 radical (unpaired) electrons. The van der Waals surface area contributed by atoms with Crippen molar-refractivity contribution in [1.29, 1.82) is 0 Å². The molecule has 0 aromatic heterocycles. The predicted octanol–water partition coefficient (Wildman–Crippen LogP) is 13.7. The van der Waals surface area contributed by atoms with E-state index in [-0.39, 0.29) is 17.9 Å². The van der Waals surface area contributed by atoms with Crippen LogP contribution in [-0.4, -0.2) is 62.1 Å². The summed E-state index contributed by atoms with van der Waals surface area (Å²) >= 11 is 0. The first kappa shape index (κ1) is 49.9. The Balaban J connectivity index is 4.65. The first-order chi connectivity index (χ1) is 25.3. The second kappa shape index (κ2) is 37.2. The molecule has 302 valence electrons. The number of carbonyl (C=O) groups excluding carboxylic acids is 2. The predicted molar refractivity (Wildman–Crippen MR) is 230 cm³/mol. The maximum atomic E-state index is 13.9. The lowest BCUT2D eigenvalue weighted by atomic mass is 9.92. The summed E-state index contributed by atoms with van der Waals surface area (Å²) in [7, 11) is 6.49. The van der Waals surface area contributed by atoms with Crippen molar-refractivity contribution in [3.05, 3.63) is 48.6 Å². The number of allylic oxidation sites excluding steroid dienone is 8. The van der Waals surface area contributed by atoms with Crippen LogP contribution < -0.4 is 5.32 Å². The van der Waals surface area contributed by atoms with Crippen molar-refractivity contribution in [2.24, 2.45) is 5.92 Å². The van der Waals surface area contributed by atoms with Crippen LogP contribution in [0.2, 0.25) is 0 Å². The Bertz CT molecular complexity index is 881. The van der Waals surface area contributed by atoms with Gasteiger partial charge < -0.3 is 9.80 Å². The first-order valence-electron chi connectivity index (χ1n) is 22.3. The highest BCUT2D eigenvalue weighted by Crippen LogP contribution is 2.22. The maximum Gasteiger partial charge on any atom is 0.324 e. The van der Waals surface area contributed by atoms with Crippen LogP contribution in [0.25, 0.3) is 0 Å². The van der Waals surface area contributed by atoms with E-state index in [1.54, 1.807) is 4.90 Å². The average Bonchev–Trinajstić information content (AvgIpc) is 3.11. The molecule has 5 heteroatoms. The third-order valence-electron chi connectivity index (χ3n) is 9.91. The fourth-order valence-corrected chi connectivity index (χ4v) is 6.63. The molecule has 0 rings (SSSR count). The zero-order chi connectivity index (χ0) is 38.4. The molecule has 0 spiro atoms. The smallest absolute Gasteiger partial charge is 0.324 e. The standard InChI is InChI=1S/C47H87N3O2/c1-7-10-12-14-16-18-20-22-24-26-28-30-32-34-36-38-41-45(46(51)49(47(52)48-9-3)43-40-44-50(4,5)6)42-39-37-35-33-31-29-27-25-23-21-19-17-15-13-11-8-2/h16-19,22-25,45H,7-15,20-21,26-44H2,1-6H3/p+1/b18-16-,19-17-,24-22-,25-23-. The Morgan fingerprint density at radius 1 is 0.519 bits per heavy atom. The quantitative estimate of drug-likeness (QED) is 0.0397. The number of nitrogens with zero attached hydrogens (tertiary/aromatic N) is 2. The van der Waals surface area contributed by atoms with E-state index >= 15 is 0 Å². The van der Waals surface area contributed by atoms with Crippen molar-refractivity contribution >= 4 is 11.9 Å². The van der Waals surface area contributed by atoms with Crippen LogP contribution in [0.15, 0.2) is 48.6 Å². The molecule has 3 amide bonds. The minimum absolute atomic E-state index is 0.0524. The van der Waals surface area contributed by atoms with Gasteiger partial charge in [0.1, 0.15) is 0 Å². The van der Waals surface area contributed by atoms with E-state index in [0.29, 0.717) is 13.1 Å². The van der Waals surface area contributed by atoms with E-state index in [1.165, 1.54) is 128 Å². The van der Waals surface area contributed by atoms with E-state index in [4.69, 9.17) is 0 Å². The Hall–Kier alpha value is -2.14. The van der Waals surface area contributed by atoms with Crippen molar-refractivity contribution in [1.82, 2.24) is 10.2 Å². The zero-order valence-corrected chi connectivity index (χ0v) is 35.6. The van der Waals surface area contributed by atoms with Gasteiger partial charge in [-0.25, -0.2) is 4.79 Å². The summed E-state index contributed by atoms with van der Waals surface area (Å²) < 4.78 is 0.834. The molecule has 0 unspecified atom stereocenters. The van der Waals surface area contributed by atoms with Crippen LogP contribution in [-0.2, 0) is 4.79 Å². The fraction of sp³-hybridized carbons (Fsp3) is 0.787. The van der Waals surface area contributed by atoms with Crippen molar-refractivity contribution in [3.8, 4) is 0 Å². The lowest BCUT2D eigenvalue weighted by molar-refractivity contribution is -0.870. The van der Waals surface area contributed by atoms with Crippen molar-refractivity contribution < 1.29 is 14.1 Å². The van der Waals surface area contributed by atoms with Gasteiger partial charge in [-0.05, 0) is 84.0 Å². The monoisotopic (exact) mass is 727 g/mol. The second-order valence-electron chi connectivity index (χ2n) is 16.1. The van der Waals surface area contributed by atoms with E-state index in [2.05, 4.69) is 88.9 Å². The van der Waals surface area contributed by atoms with Crippen LogP contribution in [0.1, 0.15) is 194 Å². The lowest BCUT2D eigenvalue weighted by Gasteiger charge is -2.28. The van der Waals surface area contributed by atoms with Crippen LogP contribution >= 0.6 is 0 Å². The molecule has 0 bridgehead atoms. The van der Waals surface area contributed by atoms with Crippen molar-refractivity contribution in [2.75, 3.05) is 40.8 Å². The van der Waals surface area contributed by atoms with E-state index in [0.717, 1.165) is 56.0 Å². The molecule has 0 saturated carbocycles. The highest BCUT2D eigenvalue weighted by atomic mass is 16.2. The molecule has 0 saturated heterocycles. The third-order valence-corrected chi connectivity index (χ3v) is 9.91. The normalized spacial score (nSPS) is 12.4. The SMILES string of the molecule is CCCCC/C=C\C/C=C\CCCCCCCCC(CCCCCCCC/C=C\C/C=C\CCCCC)C(=O)N(CCC[N+](C)(C)C)C(=O)NCC. The second-order valence-corrected chi connectivity index (χ2v) is 16.1. The number of hydrogen-bond donors (Lipinski definition) is 1. The summed E-state index contributed by atoms with van der Waals surface area (Å²) in [5.41, 5.74) is 0. The Morgan fingerprint density at radius 2 is 0.904 bits per heavy atom. The summed E-state index contributed by atoms with van der Waals surface area (Å²) in [6.07, 6.45) is 50.7. The molecule has 0 aliphatic heterocycles. The largest absolute Gasteiger partial charge is 0.338 e. The van der Waals surface area contributed by atoms with Crippen LogP contribution in [0.3, 0.4) is 0 Å². The van der Waals surface area contributed by atoms with Gasteiger partial charge in [0, 0.05) is 25.4 Å². The van der Waals surface area contributed by atoms with Crippen LogP contribution in [0.4, 0.5) is 4.79 Å². The van der Waals surface area contributed by atoms with E-state index in [1.807, 2.05) is 6.92 Å². The molecule has 0 heterocycles. The molecule has 0 aliphatic rings. The van der Waals surface area contributed by atoms with Gasteiger partial charge in [0.2, 0.25) is 5.91 Å². The number of imide groups is 1. The Morgan fingerprint density at radius 3 is 1.29 bits per heavy atom. The highest BCUT2D eigenvalue weighted by molar-refractivity contribution is 5.95. The van der Waals surface area contributed by atoms with Gasteiger partial charge in [-0.2, -0.15) is 0 Å². The van der Waals surface area contributed by atoms with Gasteiger partial charge >= 0.3 is 6.03 Å². The molecular weight excluding hydrogens is 639 g/mol. The van der Waals surface area contributed by atoms with Crippen molar-refractivity contribution in [3.63, 3.8) is 0 Å². The van der Waals surface area contributed by atoms with E-state index < -0.39 is 0 Å². The first-order valence-corrected chi connectivity index (χ1v) is 22.3. The number of quaternary nitrogens is 1. The molecule has 0 fully saturated rings. The summed E-state index contributed by atoms with van der Waals surface area (Å²) in [4.78, 5) is 28.6. The summed E-state index contributed by atoms with van der Waals surface area (Å²) in [6.45, 7) is 8.42. The van der Waals surface area contributed by atoms with E-state index in [9.17, 15) is 9.59 Å². The number of urea groups is 1. The zero-order valence-electron chi connectivity index (χ0n) is 35.6. The van der Waals surface area contributed by atoms with Gasteiger partial charge in [0.25, 0.3) is 0 Å². The summed E-state index contributed by atoms with van der Waals surface area (Å²) in [5, 5.41) is 2.92. The topological polar surface area (TPSA) is 49.4 Å². The molecule has 0 atom stereocenters. The molecule has 52 heavy (non-hydrogen) atoms. The molecular formula is C47H88N3O2+. The Labute approximate surface area is 324 Å². The maximum absolute atomic E-state index is 13.9. The van der Waals surface area contributed by atoms with Crippen LogP contribution in [0, 0.1) is 5.92 Å². The van der Waals surface area contributed by atoms with Crippen molar-refractivity contribution in [2.45, 2.75) is 194 Å². The molecule has 0 aromatic carbocycles. The molecule has 0 aromatic rings. The Kier molecular flexibility index (Phi) is 35.7. The average molecular weight is 727 g/mol. The van der Waals surface area contributed by atoms with Gasteiger partial charge in [-0.1, -0.05) is 152 Å². The van der Waals surface area contributed by atoms with Gasteiger partial charge in [0.15, 0.2) is 0 Å². The summed E-state index contributed by atoms with van der Waals surface area (Å²) in [6, 6.07) is -0.215. The highest BCUT2D eigenvalue weighted by Gasteiger charge is 2.28.